The van der Waals surface area contributed by atoms with E-state index >= 15 is 0 Å². The fourth-order valence-corrected chi connectivity index (χ4v) is 3.29. The van der Waals surface area contributed by atoms with Gasteiger partial charge in [0.05, 0.1) is 11.6 Å². The normalized spacial score (nSPS) is 15.2. The third-order valence-corrected chi connectivity index (χ3v) is 4.72. The predicted molar refractivity (Wildman–Crippen MR) is 110 cm³/mol. The van der Waals surface area contributed by atoms with Crippen molar-refractivity contribution in [3.05, 3.63) is 28.2 Å². The Balaban J connectivity index is 1.73. The molecule has 1 aliphatic heterocycles. The first kappa shape index (κ1) is 22.6. The van der Waals surface area contributed by atoms with Gasteiger partial charge >= 0.3 is 6.09 Å². The zero-order valence-electron chi connectivity index (χ0n) is 16.7. The lowest BCUT2D eigenvalue weighted by Crippen LogP contribution is -2.40. The van der Waals surface area contributed by atoms with Gasteiger partial charge in [-0.1, -0.05) is 23.2 Å². The van der Waals surface area contributed by atoms with Crippen molar-refractivity contribution in [2.24, 2.45) is 0 Å². The molecule has 0 bridgehead atoms. The van der Waals surface area contributed by atoms with E-state index in [-0.39, 0.29) is 12.0 Å². The van der Waals surface area contributed by atoms with E-state index in [1.54, 1.807) is 28.0 Å². The number of amides is 2. The smallest absolute Gasteiger partial charge is 0.410 e. The van der Waals surface area contributed by atoms with Crippen molar-refractivity contribution in [1.82, 2.24) is 9.80 Å². The van der Waals surface area contributed by atoms with E-state index < -0.39 is 5.60 Å². The van der Waals surface area contributed by atoms with Gasteiger partial charge in [-0.05, 0) is 51.8 Å². The second kappa shape index (κ2) is 10.2. The number of ether oxygens (including phenoxy) is 2. The zero-order valence-corrected chi connectivity index (χ0v) is 18.2. The third kappa shape index (κ3) is 7.40. The van der Waals surface area contributed by atoms with Gasteiger partial charge in [0.1, 0.15) is 11.4 Å². The summed E-state index contributed by atoms with van der Waals surface area (Å²) in [6, 6.07) is 5.05. The summed E-state index contributed by atoms with van der Waals surface area (Å²) in [5, 5.41) is 1.00. The maximum absolute atomic E-state index is 12.5. The van der Waals surface area contributed by atoms with Gasteiger partial charge in [-0.15, -0.1) is 0 Å². The molecule has 1 aliphatic rings. The first-order valence-corrected chi connectivity index (χ1v) is 10.2. The average molecular weight is 431 g/mol. The number of hydrogen-bond acceptors (Lipinski definition) is 4. The molecule has 28 heavy (non-hydrogen) atoms. The Morgan fingerprint density at radius 1 is 1.07 bits per heavy atom. The number of rotatable bonds is 5. The molecule has 1 heterocycles. The molecule has 0 atom stereocenters. The molecule has 156 valence electrons. The van der Waals surface area contributed by atoms with Crippen LogP contribution in [0.1, 0.15) is 40.0 Å². The van der Waals surface area contributed by atoms with Crippen molar-refractivity contribution >= 4 is 35.2 Å². The fraction of sp³-hybridized carbons (Fsp3) is 0.600. The summed E-state index contributed by atoms with van der Waals surface area (Å²) in [5.41, 5.74) is -0.522. The van der Waals surface area contributed by atoms with E-state index in [4.69, 9.17) is 32.7 Å². The Morgan fingerprint density at radius 2 is 1.75 bits per heavy atom. The van der Waals surface area contributed by atoms with Crippen LogP contribution < -0.4 is 4.74 Å². The van der Waals surface area contributed by atoms with Crippen LogP contribution in [-0.4, -0.2) is 60.2 Å². The average Bonchev–Trinajstić information content (AvgIpc) is 2.85. The molecule has 0 aliphatic carbocycles. The minimum absolute atomic E-state index is 0.0665. The molecule has 2 amide bonds. The van der Waals surface area contributed by atoms with Crippen LogP contribution in [0.3, 0.4) is 0 Å². The minimum atomic E-state index is -0.522. The van der Waals surface area contributed by atoms with E-state index in [1.165, 1.54) is 0 Å². The van der Waals surface area contributed by atoms with Gasteiger partial charge in [0, 0.05) is 37.6 Å². The van der Waals surface area contributed by atoms with Crippen LogP contribution >= 0.6 is 23.2 Å². The van der Waals surface area contributed by atoms with Crippen LogP contribution in [0.25, 0.3) is 0 Å². The van der Waals surface area contributed by atoms with Crippen molar-refractivity contribution in [3.63, 3.8) is 0 Å². The molecular formula is C20H28Cl2N2O4. The van der Waals surface area contributed by atoms with E-state index in [9.17, 15) is 9.59 Å². The molecule has 0 aromatic heterocycles. The van der Waals surface area contributed by atoms with Crippen molar-refractivity contribution in [3.8, 4) is 5.75 Å². The lowest BCUT2D eigenvalue weighted by Gasteiger charge is -2.26. The lowest BCUT2D eigenvalue weighted by molar-refractivity contribution is -0.131. The molecule has 0 N–H and O–H groups in total. The maximum Gasteiger partial charge on any atom is 0.410 e. The highest BCUT2D eigenvalue weighted by Gasteiger charge is 2.25. The summed E-state index contributed by atoms with van der Waals surface area (Å²) in [5.74, 6) is 0.623. The molecule has 1 fully saturated rings. The van der Waals surface area contributed by atoms with Crippen LogP contribution in [0.5, 0.6) is 5.75 Å². The summed E-state index contributed by atoms with van der Waals surface area (Å²) < 4.78 is 11.0. The lowest BCUT2D eigenvalue weighted by atomic mass is 10.2. The maximum atomic E-state index is 12.5. The molecular weight excluding hydrogens is 403 g/mol. The zero-order chi connectivity index (χ0) is 20.7. The SMILES string of the molecule is CC(C)(C)OC(=O)N1CCCN(C(=O)CCCOc2ccc(Cl)cc2Cl)CC1. The highest BCUT2D eigenvalue weighted by Crippen LogP contribution is 2.27. The molecule has 2 rings (SSSR count). The number of carbonyl (C=O) groups is 2. The van der Waals surface area contributed by atoms with E-state index in [0.717, 1.165) is 6.42 Å². The minimum Gasteiger partial charge on any atom is -0.492 e. The standard InChI is InChI=1S/C20H28Cl2N2O4/c1-20(2,3)28-19(26)24-10-5-9-23(11-12-24)18(25)6-4-13-27-17-8-7-15(21)14-16(17)22/h7-8,14H,4-6,9-13H2,1-3H3. The highest BCUT2D eigenvalue weighted by molar-refractivity contribution is 6.35. The van der Waals surface area contributed by atoms with Crippen LogP contribution in [0.4, 0.5) is 4.79 Å². The monoisotopic (exact) mass is 430 g/mol. The van der Waals surface area contributed by atoms with Crippen molar-refractivity contribution in [1.29, 1.82) is 0 Å². The second-order valence-electron chi connectivity index (χ2n) is 7.73. The fourth-order valence-electron chi connectivity index (χ4n) is 2.83. The third-order valence-electron chi connectivity index (χ3n) is 4.19. The quantitative estimate of drug-likeness (QED) is 0.639. The van der Waals surface area contributed by atoms with Crippen LogP contribution in [0.2, 0.25) is 10.0 Å². The van der Waals surface area contributed by atoms with Gasteiger partial charge in [-0.2, -0.15) is 0 Å². The molecule has 0 unspecified atom stereocenters. The number of hydrogen-bond donors (Lipinski definition) is 0. The summed E-state index contributed by atoms with van der Waals surface area (Å²) in [6.45, 7) is 8.16. The van der Waals surface area contributed by atoms with Crippen molar-refractivity contribution in [2.75, 3.05) is 32.8 Å². The summed E-state index contributed by atoms with van der Waals surface area (Å²) in [4.78, 5) is 28.1. The summed E-state index contributed by atoms with van der Waals surface area (Å²) in [7, 11) is 0. The van der Waals surface area contributed by atoms with E-state index in [2.05, 4.69) is 0 Å². The molecule has 1 aromatic carbocycles. The Bertz CT molecular complexity index is 691. The van der Waals surface area contributed by atoms with Crippen LogP contribution in [0, 0.1) is 0 Å². The Hall–Kier alpha value is -1.66. The molecule has 0 radical (unpaired) electrons. The number of nitrogens with zero attached hydrogens (tertiary/aromatic N) is 2. The van der Waals surface area contributed by atoms with E-state index in [0.29, 0.717) is 61.4 Å². The van der Waals surface area contributed by atoms with Gasteiger partial charge in [-0.3, -0.25) is 4.79 Å². The van der Waals surface area contributed by atoms with Gasteiger partial charge < -0.3 is 19.3 Å². The first-order valence-electron chi connectivity index (χ1n) is 9.49. The topological polar surface area (TPSA) is 59.1 Å². The molecule has 1 aromatic rings. The molecule has 0 saturated carbocycles. The largest absolute Gasteiger partial charge is 0.492 e. The van der Waals surface area contributed by atoms with Crippen LogP contribution in [-0.2, 0) is 9.53 Å². The van der Waals surface area contributed by atoms with Crippen molar-refractivity contribution < 1.29 is 19.1 Å². The van der Waals surface area contributed by atoms with Gasteiger partial charge in [0.25, 0.3) is 0 Å². The number of halogens is 2. The van der Waals surface area contributed by atoms with Crippen molar-refractivity contribution in [2.45, 2.75) is 45.6 Å². The number of benzene rings is 1. The summed E-state index contributed by atoms with van der Waals surface area (Å²) >= 11 is 11.9. The Labute approximate surface area is 176 Å². The predicted octanol–water partition coefficient (Wildman–Crippen LogP) is 4.62. The number of carbonyl (C=O) groups excluding carboxylic acids is 2. The van der Waals surface area contributed by atoms with Gasteiger partial charge in [0.15, 0.2) is 0 Å². The van der Waals surface area contributed by atoms with Gasteiger partial charge in [-0.25, -0.2) is 4.79 Å². The van der Waals surface area contributed by atoms with Gasteiger partial charge in [0.2, 0.25) is 5.91 Å². The molecule has 8 heteroatoms. The first-order chi connectivity index (χ1) is 13.2. The molecule has 6 nitrogen and oxygen atoms in total. The Morgan fingerprint density at radius 3 is 2.43 bits per heavy atom. The summed E-state index contributed by atoms with van der Waals surface area (Å²) in [6.07, 6.45) is 1.39. The Kier molecular flexibility index (Phi) is 8.25. The molecule has 1 saturated heterocycles. The molecule has 0 spiro atoms. The van der Waals surface area contributed by atoms with E-state index in [1.807, 2.05) is 20.8 Å². The van der Waals surface area contributed by atoms with Crippen LogP contribution in [0.15, 0.2) is 18.2 Å². The highest BCUT2D eigenvalue weighted by atomic mass is 35.5. The second-order valence-corrected chi connectivity index (χ2v) is 8.57.